The third-order valence-electron chi connectivity index (χ3n) is 5.02. The van der Waals surface area contributed by atoms with Crippen molar-refractivity contribution in [3.63, 3.8) is 0 Å². The van der Waals surface area contributed by atoms with Gasteiger partial charge in [-0.15, -0.1) is 0 Å². The number of nitrogens with one attached hydrogen (secondary N) is 1. The minimum Gasteiger partial charge on any atom is -0.497 e. The predicted molar refractivity (Wildman–Crippen MR) is 112 cm³/mol. The number of hydrogen-bond donors (Lipinski definition) is 1. The molecule has 0 atom stereocenters. The van der Waals surface area contributed by atoms with Gasteiger partial charge in [-0.1, -0.05) is 30.3 Å². The SMILES string of the molecule is COc1ccc(C2=C(Nc3ccc(F)c(F)c3)C(=O)N(Cc3ccccc3F)C2=O)cc1. The molecule has 0 spiro atoms. The molecule has 0 aromatic heterocycles. The van der Waals surface area contributed by atoms with E-state index in [0.29, 0.717) is 11.3 Å². The number of rotatable bonds is 6. The normalized spacial score (nSPS) is 13.7. The summed E-state index contributed by atoms with van der Waals surface area (Å²) in [6, 6.07) is 15.3. The maximum absolute atomic E-state index is 14.2. The summed E-state index contributed by atoms with van der Waals surface area (Å²) in [6.07, 6.45) is 0. The van der Waals surface area contributed by atoms with E-state index in [1.165, 1.54) is 31.4 Å². The van der Waals surface area contributed by atoms with Crippen molar-refractivity contribution in [1.29, 1.82) is 0 Å². The second kappa shape index (κ2) is 8.58. The summed E-state index contributed by atoms with van der Waals surface area (Å²) in [4.78, 5) is 27.3. The van der Waals surface area contributed by atoms with E-state index < -0.39 is 29.3 Å². The number of carbonyl (C=O) groups is 2. The number of anilines is 1. The van der Waals surface area contributed by atoms with Gasteiger partial charge in [-0.3, -0.25) is 14.5 Å². The van der Waals surface area contributed by atoms with Crippen LogP contribution in [0.4, 0.5) is 18.9 Å². The quantitative estimate of drug-likeness (QED) is 0.576. The van der Waals surface area contributed by atoms with E-state index in [1.807, 2.05) is 0 Å². The van der Waals surface area contributed by atoms with Crippen molar-refractivity contribution in [2.24, 2.45) is 0 Å². The number of benzene rings is 3. The Bertz CT molecular complexity index is 1240. The van der Waals surface area contributed by atoms with E-state index in [1.54, 1.807) is 30.3 Å². The minimum absolute atomic E-state index is 0.0266. The van der Waals surface area contributed by atoms with Crippen molar-refractivity contribution in [2.45, 2.75) is 6.54 Å². The van der Waals surface area contributed by atoms with Crippen molar-refractivity contribution >= 4 is 23.1 Å². The minimum atomic E-state index is -1.11. The molecule has 2 amide bonds. The highest BCUT2D eigenvalue weighted by Crippen LogP contribution is 2.32. The van der Waals surface area contributed by atoms with Gasteiger partial charge in [-0.05, 0) is 35.9 Å². The van der Waals surface area contributed by atoms with Gasteiger partial charge in [0.15, 0.2) is 11.6 Å². The number of carbonyl (C=O) groups excluding carboxylic acids is 2. The Morgan fingerprint density at radius 3 is 2.22 bits per heavy atom. The average molecular weight is 438 g/mol. The molecule has 0 fully saturated rings. The number of imide groups is 1. The zero-order valence-electron chi connectivity index (χ0n) is 16.9. The van der Waals surface area contributed by atoms with Crippen molar-refractivity contribution < 1.29 is 27.5 Å². The lowest BCUT2D eigenvalue weighted by Gasteiger charge is -2.16. The monoisotopic (exact) mass is 438 g/mol. The van der Waals surface area contributed by atoms with Crippen LogP contribution in [0.2, 0.25) is 0 Å². The van der Waals surface area contributed by atoms with E-state index in [0.717, 1.165) is 17.0 Å². The Hall–Kier alpha value is -4.07. The van der Waals surface area contributed by atoms with Crippen LogP contribution < -0.4 is 10.1 Å². The van der Waals surface area contributed by atoms with Crippen LogP contribution in [0.25, 0.3) is 5.57 Å². The van der Waals surface area contributed by atoms with E-state index in [4.69, 9.17) is 4.74 Å². The highest BCUT2D eigenvalue weighted by atomic mass is 19.2. The first kappa shape index (κ1) is 21.2. The van der Waals surface area contributed by atoms with E-state index >= 15 is 0 Å². The molecule has 1 heterocycles. The highest BCUT2D eigenvalue weighted by Gasteiger charge is 2.39. The zero-order valence-corrected chi connectivity index (χ0v) is 16.9. The molecular weight excluding hydrogens is 421 g/mol. The largest absolute Gasteiger partial charge is 0.497 e. The van der Waals surface area contributed by atoms with Crippen LogP contribution in [-0.2, 0) is 16.1 Å². The Balaban J connectivity index is 1.76. The standard InChI is InChI=1S/C24H17F3N2O3/c1-32-17-9-6-14(7-10-17)21-22(28-16-8-11-19(26)20(27)12-16)24(31)29(23(21)30)13-15-4-2-3-5-18(15)25/h2-12,28H,13H2,1H3. The van der Waals surface area contributed by atoms with Crippen LogP contribution in [-0.4, -0.2) is 23.8 Å². The summed E-state index contributed by atoms with van der Waals surface area (Å²) >= 11 is 0. The molecule has 0 bridgehead atoms. The van der Waals surface area contributed by atoms with Crippen LogP contribution in [0.15, 0.2) is 72.4 Å². The van der Waals surface area contributed by atoms with Crippen LogP contribution in [0, 0.1) is 17.5 Å². The fraction of sp³-hybridized carbons (Fsp3) is 0.0833. The van der Waals surface area contributed by atoms with Gasteiger partial charge in [-0.25, -0.2) is 13.2 Å². The van der Waals surface area contributed by atoms with Gasteiger partial charge in [0.25, 0.3) is 11.8 Å². The first-order chi connectivity index (χ1) is 15.4. The summed E-state index contributed by atoms with van der Waals surface area (Å²) in [6.45, 7) is -0.285. The lowest BCUT2D eigenvalue weighted by atomic mass is 10.0. The Kier molecular flexibility index (Phi) is 5.68. The van der Waals surface area contributed by atoms with E-state index in [9.17, 15) is 22.8 Å². The number of nitrogens with zero attached hydrogens (tertiary/aromatic N) is 1. The Morgan fingerprint density at radius 1 is 0.844 bits per heavy atom. The molecule has 5 nitrogen and oxygen atoms in total. The van der Waals surface area contributed by atoms with Crippen LogP contribution in [0.1, 0.15) is 11.1 Å². The molecule has 0 unspecified atom stereocenters. The molecule has 1 N–H and O–H groups in total. The van der Waals surface area contributed by atoms with Crippen LogP contribution >= 0.6 is 0 Å². The lowest BCUT2D eigenvalue weighted by Crippen LogP contribution is -2.32. The average Bonchev–Trinajstić information content (AvgIpc) is 3.02. The third-order valence-corrected chi connectivity index (χ3v) is 5.02. The predicted octanol–water partition coefficient (Wildman–Crippen LogP) is 4.50. The first-order valence-electron chi connectivity index (χ1n) is 9.59. The molecule has 1 aliphatic rings. The number of methoxy groups -OCH3 is 1. The highest BCUT2D eigenvalue weighted by molar-refractivity contribution is 6.36. The maximum Gasteiger partial charge on any atom is 0.278 e. The molecule has 0 radical (unpaired) electrons. The third kappa shape index (κ3) is 3.94. The fourth-order valence-electron chi connectivity index (χ4n) is 3.38. The molecule has 0 aliphatic carbocycles. The van der Waals surface area contributed by atoms with Gasteiger partial charge < -0.3 is 10.1 Å². The number of ether oxygens (including phenoxy) is 1. The zero-order chi connectivity index (χ0) is 22.8. The molecule has 0 saturated heterocycles. The summed E-state index contributed by atoms with van der Waals surface area (Å²) in [7, 11) is 1.49. The number of halogens is 3. The molecule has 162 valence electrons. The van der Waals surface area contributed by atoms with Gasteiger partial charge in [0.2, 0.25) is 0 Å². The molecule has 32 heavy (non-hydrogen) atoms. The van der Waals surface area contributed by atoms with Gasteiger partial charge in [0.1, 0.15) is 17.3 Å². The molecule has 8 heteroatoms. The molecule has 3 aromatic carbocycles. The van der Waals surface area contributed by atoms with Gasteiger partial charge in [-0.2, -0.15) is 0 Å². The fourth-order valence-corrected chi connectivity index (χ4v) is 3.38. The van der Waals surface area contributed by atoms with Crippen molar-refractivity contribution in [1.82, 2.24) is 4.90 Å². The molecule has 4 rings (SSSR count). The van der Waals surface area contributed by atoms with Gasteiger partial charge >= 0.3 is 0 Å². The summed E-state index contributed by atoms with van der Waals surface area (Å²) in [5.74, 6) is -3.52. The molecule has 3 aromatic rings. The number of amides is 2. The van der Waals surface area contributed by atoms with Gasteiger partial charge in [0.05, 0.1) is 19.2 Å². The summed E-state index contributed by atoms with van der Waals surface area (Å²) < 4.78 is 46.3. The van der Waals surface area contributed by atoms with Gasteiger partial charge in [0, 0.05) is 17.3 Å². The van der Waals surface area contributed by atoms with Crippen LogP contribution in [0.3, 0.4) is 0 Å². The molecular formula is C24H17F3N2O3. The maximum atomic E-state index is 14.2. The Morgan fingerprint density at radius 2 is 1.56 bits per heavy atom. The van der Waals surface area contributed by atoms with Crippen molar-refractivity contribution in [2.75, 3.05) is 12.4 Å². The van der Waals surface area contributed by atoms with E-state index in [2.05, 4.69) is 5.32 Å². The number of hydrogen-bond acceptors (Lipinski definition) is 4. The summed E-state index contributed by atoms with van der Waals surface area (Å²) in [5, 5.41) is 2.73. The van der Waals surface area contributed by atoms with Crippen LogP contribution in [0.5, 0.6) is 5.75 Å². The Labute approximate surface area is 181 Å². The smallest absolute Gasteiger partial charge is 0.278 e. The van der Waals surface area contributed by atoms with Crippen molar-refractivity contribution in [3.05, 3.63) is 101 Å². The second-order valence-corrected chi connectivity index (χ2v) is 7.02. The summed E-state index contributed by atoms with van der Waals surface area (Å²) in [5.41, 5.74) is 0.558. The molecule has 0 saturated carbocycles. The first-order valence-corrected chi connectivity index (χ1v) is 9.59. The molecule has 1 aliphatic heterocycles. The topological polar surface area (TPSA) is 58.6 Å². The van der Waals surface area contributed by atoms with Crippen molar-refractivity contribution in [3.8, 4) is 5.75 Å². The lowest BCUT2D eigenvalue weighted by molar-refractivity contribution is -0.137. The van der Waals surface area contributed by atoms with E-state index in [-0.39, 0.29) is 29.1 Å². The second-order valence-electron chi connectivity index (χ2n) is 7.02.